The lowest BCUT2D eigenvalue weighted by Crippen LogP contribution is -2.31. The van der Waals surface area contributed by atoms with Crippen LogP contribution in [0.3, 0.4) is 0 Å². The van der Waals surface area contributed by atoms with E-state index >= 15 is 0 Å². The summed E-state index contributed by atoms with van der Waals surface area (Å²) in [5.74, 6) is -0.925. The van der Waals surface area contributed by atoms with E-state index in [2.05, 4.69) is 10.0 Å². The lowest BCUT2D eigenvalue weighted by Gasteiger charge is -2.08. The average molecular weight is 301 g/mol. The lowest BCUT2D eigenvalue weighted by molar-refractivity contribution is -0.121. The summed E-state index contributed by atoms with van der Waals surface area (Å²) >= 11 is 0. The highest BCUT2D eigenvalue weighted by atomic mass is 32.2. The predicted octanol–water partition coefficient (Wildman–Crippen LogP) is 0.355. The first kappa shape index (κ1) is 14.7. The Labute approximate surface area is 116 Å². The number of carbonyl (C=O) groups excluding carboxylic acids is 1. The maximum Gasteiger partial charge on any atom is 0.240 e. The molecule has 0 aromatic heterocycles. The molecule has 0 saturated heterocycles. The first-order valence-corrected chi connectivity index (χ1v) is 7.70. The number of halogens is 1. The normalized spacial score (nSPS) is 15.1. The van der Waals surface area contributed by atoms with Crippen molar-refractivity contribution >= 4 is 21.6 Å². The summed E-state index contributed by atoms with van der Waals surface area (Å²) in [6, 6.07) is 3.31. The number of nitrogen functional groups attached to an aromatic ring is 1. The topological polar surface area (TPSA) is 101 Å². The minimum atomic E-state index is -3.86. The van der Waals surface area contributed by atoms with Crippen LogP contribution >= 0.6 is 0 Å². The van der Waals surface area contributed by atoms with Gasteiger partial charge >= 0.3 is 0 Å². The second kappa shape index (κ2) is 5.76. The predicted molar refractivity (Wildman–Crippen MR) is 71.8 cm³/mol. The monoisotopic (exact) mass is 301 g/mol. The number of benzene rings is 1. The summed E-state index contributed by atoms with van der Waals surface area (Å²) in [4.78, 5) is 11.1. The molecule has 1 saturated carbocycles. The third kappa shape index (κ3) is 4.17. The van der Waals surface area contributed by atoms with Crippen LogP contribution in [0.15, 0.2) is 23.1 Å². The number of anilines is 1. The molecule has 1 aliphatic rings. The molecule has 1 aromatic rings. The van der Waals surface area contributed by atoms with Gasteiger partial charge in [-0.3, -0.25) is 4.79 Å². The van der Waals surface area contributed by atoms with E-state index in [9.17, 15) is 17.6 Å². The van der Waals surface area contributed by atoms with E-state index in [0.717, 1.165) is 31.0 Å². The van der Waals surface area contributed by atoms with Crippen molar-refractivity contribution in [3.63, 3.8) is 0 Å². The highest BCUT2D eigenvalue weighted by molar-refractivity contribution is 7.89. The molecule has 8 heteroatoms. The summed E-state index contributed by atoms with van der Waals surface area (Å²) < 4.78 is 39.1. The molecule has 2 rings (SSSR count). The lowest BCUT2D eigenvalue weighted by atomic mass is 10.3. The number of nitrogens with one attached hydrogen (secondary N) is 2. The molecule has 1 fully saturated rings. The van der Waals surface area contributed by atoms with Crippen molar-refractivity contribution in [3.05, 3.63) is 24.0 Å². The van der Waals surface area contributed by atoms with Crippen molar-refractivity contribution in [2.45, 2.75) is 30.2 Å². The number of amides is 1. The standard InChI is InChI=1S/C12H16FN3O3S/c13-8-5-9(14)7-11(6-8)20(18,19)15-4-3-12(17)16-10-1-2-10/h5-7,10,15H,1-4,14H2,(H,16,17). The highest BCUT2D eigenvalue weighted by Gasteiger charge is 2.23. The van der Waals surface area contributed by atoms with Crippen molar-refractivity contribution in [2.24, 2.45) is 0 Å². The van der Waals surface area contributed by atoms with Crippen LogP contribution < -0.4 is 15.8 Å². The quantitative estimate of drug-likeness (QED) is 0.660. The van der Waals surface area contributed by atoms with Gasteiger partial charge in [0.15, 0.2) is 0 Å². The maximum absolute atomic E-state index is 13.1. The zero-order valence-corrected chi connectivity index (χ0v) is 11.5. The van der Waals surface area contributed by atoms with Gasteiger partial charge in [-0.15, -0.1) is 0 Å². The van der Waals surface area contributed by atoms with Crippen molar-refractivity contribution in [3.8, 4) is 0 Å². The first-order valence-electron chi connectivity index (χ1n) is 6.22. The molecule has 1 aromatic carbocycles. The van der Waals surface area contributed by atoms with Crippen LogP contribution in [0, 0.1) is 5.82 Å². The van der Waals surface area contributed by atoms with Gasteiger partial charge in [0.1, 0.15) is 5.82 Å². The smallest absolute Gasteiger partial charge is 0.240 e. The molecule has 20 heavy (non-hydrogen) atoms. The van der Waals surface area contributed by atoms with Crippen LogP contribution in [0.25, 0.3) is 0 Å². The minimum Gasteiger partial charge on any atom is -0.399 e. The second-order valence-electron chi connectivity index (χ2n) is 4.71. The first-order chi connectivity index (χ1) is 9.37. The van der Waals surface area contributed by atoms with Gasteiger partial charge in [-0.2, -0.15) is 0 Å². The molecule has 0 unspecified atom stereocenters. The summed E-state index contributed by atoms with van der Waals surface area (Å²) in [7, 11) is -3.86. The van der Waals surface area contributed by atoms with E-state index in [0.29, 0.717) is 0 Å². The number of nitrogens with two attached hydrogens (primary N) is 1. The number of sulfonamides is 1. The molecule has 0 radical (unpaired) electrons. The molecule has 0 heterocycles. The Bertz CT molecular complexity index is 594. The minimum absolute atomic E-state index is 0.0249. The van der Waals surface area contributed by atoms with Crippen LogP contribution in [-0.4, -0.2) is 26.9 Å². The SMILES string of the molecule is Nc1cc(F)cc(S(=O)(=O)NCCC(=O)NC2CC2)c1. The second-order valence-corrected chi connectivity index (χ2v) is 6.48. The molecular weight excluding hydrogens is 285 g/mol. The van der Waals surface area contributed by atoms with Crippen molar-refractivity contribution in [1.82, 2.24) is 10.0 Å². The molecule has 1 aliphatic carbocycles. The number of hydrogen-bond donors (Lipinski definition) is 3. The third-order valence-electron chi connectivity index (χ3n) is 2.79. The molecule has 110 valence electrons. The Morgan fingerprint density at radius 2 is 2.05 bits per heavy atom. The fourth-order valence-electron chi connectivity index (χ4n) is 1.65. The molecule has 0 aliphatic heterocycles. The van der Waals surface area contributed by atoms with Crippen molar-refractivity contribution in [1.29, 1.82) is 0 Å². The van der Waals surface area contributed by atoms with Gasteiger partial charge in [0.2, 0.25) is 15.9 Å². The third-order valence-corrected chi connectivity index (χ3v) is 4.23. The average Bonchev–Trinajstić information content (AvgIpc) is 3.11. The van der Waals surface area contributed by atoms with E-state index < -0.39 is 15.8 Å². The Balaban J connectivity index is 1.91. The van der Waals surface area contributed by atoms with E-state index in [1.807, 2.05) is 0 Å². The maximum atomic E-state index is 13.1. The molecule has 0 bridgehead atoms. The summed E-state index contributed by atoms with van der Waals surface area (Å²) in [5, 5.41) is 2.74. The van der Waals surface area contributed by atoms with Crippen LogP contribution in [0.2, 0.25) is 0 Å². The Morgan fingerprint density at radius 3 is 2.65 bits per heavy atom. The van der Waals surface area contributed by atoms with Gasteiger partial charge in [0, 0.05) is 24.7 Å². The van der Waals surface area contributed by atoms with Crippen molar-refractivity contribution < 1.29 is 17.6 Å². The van der Waals surface area contributed by atoms with Gasteiger partial charge in [-0.1, -0.05) is 0 Å². The number of hydrogen-bond acceptors (Lipinski definition) is 4. The van der Waals surface area contributed by atoms with Crippen LogP contribution in [0.1, 0.15) is 19.3 Å². The van der Waals surface area contributed by atoms with Gasteiger partial charge in [-0.05, 0) is 31.0 Å². The Kier molecular flexibility index (Phi) is 4.24. The molecule has 0 spiro atoms. The summed E-state index contributed by atoms with van der Waals surface area (Å²) in [6.07, 6.45) is 1.99. The number of carbonyl (C=O) groups is 1. The molecule has 4 N–H and O–H groups in total. The highest BCUT2D eigenvalue weighted by Crippen LogP contribution is 2.18. The van der Waals surface area contributed by atoms with Gasteiger partial charge in [-0.25, -0.2) is 17.5 Å². The zero-order chi connectivity index (χ0) is 14.8. The van der Waals surface area contributed by atoms with Crippen LogP contribution in [-0.2, 0) is 14.8 Å². The van der Waals surface area contributed by atoms with E-state index in [1.165, 1.54) is 0 Å². The summed E-state index contributed by atoms with van der Waals surface area (Å²) in [6.45, 7) is -0.0443. The fraction of sp³-hybridized carbons (Fsp3) is 0.417. The van der Waals surface area contributed by atoms with Crippen molar-refractivity contribution in [2.75, 3.05) is 12.3 Å². The van der Waals surface area contributed by atoms with Gasteiger partial charge < -0.3 is 11.1 Å². The zero-order valence-electron chi connectivity index (χ0n) is 10.7. The Morgan fingerprint density at radius 1 is 1.35 bits per heavy atom. The number of rotatable bonds is 6. The molecule has 0 atom stereocenters. The molecule has 1 amide bonds. The van der Waals surface area contributed by atoms with Crippen LogP contribution in [0.4, 0.5) is 10.1 Å². The van der Waals surface area contributed by atoms with E-state index in [-0.39, 0.29) is 35.5 Å². The van der Waals surface area contributed by atoms with E-state index in [4.69, 9.17) is 5.73 Å². The summed E-state index contributed by atoms with van der Waals surface area (Å²) in [5.41, 5.74) is 5.42. The van der Waals surface area contributed by atoms with Gasteiger partial charge in [0.25, 0.3) is 0 Å². The van der Waals surface area contributed by atoms with E-state index in [1.54, 1.807) is 0 Å². The molecule has 6 nitrogen and oxygen atoms in total. The Hall–Kier alpha value is -1.67. The van der Waals surface area contributed by atoms with Gasteiger partial charge in [0.05, 0.1) is 4.90 Å². The largest absolute Gasteiger partial charge is 0.399 e. The van der Waals surface area contributed by atoms with Crippen LogP contribution in [0.5, 0.6) is 0 Å². The fourth-order valence-corrected chi connectivity index (χ4v) is 2.75. The molecular formula is C12H16FN3O3S.